The highest BCUT2D eigenvalue weighted by Crippen LogP contribution is 2.26. The number of nitrogens with one attached hydrogen (secondary N) is 1. The highest BCUT2D eigenvalue weighted by atomic mass is 79.9. The molecule has 4 heteroatoms. The van der Waals surface area contributed by atoms with Crippen molar-refractivity contribution in [1.29, 1.82) is 0 Å². The van der Waals surface area contributed by atoms with Crippen molar-refractivity contribution in [1.82, 2.24) is 5.32 Å². The summed E-state index contributed by atoms with van der Waals surface area (Å²) >= 11 is 5.34. The molecule has 92 valence electrons. The fourth-order valence-electron chi connectivity index (χ4n) is 1.54. The van der Waals surface area contributed by atoms with Crippen LogP contribution in [-0.4, -0.2) is 18.3 Å². The minimum absolute atomic E-state index is 0.329. The fourth-order valence-corrected chi connectivity index (χ4v) is 3.14. The van der Waals surface area contributed by atoms with Crippen LogP contribution in [0.3, 0.4) is 0 Å². The lowest BCUT2D eigenvalue weighted by molar-refractivity contribution is 0.282. The molecule has 0 atom stereocenters. The van der Waals surface area contributed by atoms with Crippen LogP contribution in [0.1, 0.15) is 36.1 Å². The lowest BCUT2D eigenvalue weighted by atomic mass is 10.2. The number of rotatable bonds is 8. The molecule has 16 heavy (non-hydrogen) atoms. The molecule has 0 saturated heterocycles. The predicted molar refractivity (Wildman–Crippen MR) is 74.0 cm³/mol. The van der Waals surface area contributed by atoms with Crippen LogP contribution >= 0.6 is 27.3 Å². The molecule has 2 N–H and O–H groups in total. The Bertz CT molecular complexity index is 282. The molecule has 0 aromatic carbocycles. The maximum atomic E-state index is 8.63. The van der Waals surface area contributed by atoms with Crippen LogP contribution in [-0.2, 0) is 6.54 Å². The molecule has 0 aliphatic carbocycles. The molecule has 1 aromatic rings. The lowest BCUT2D eigenvalue weighted by Gasteiger charge is -2.02. The molecule has 0 spiro atoms. The van der Waals surface area contributed by atoms with Gasteiger partial charge in [0.1, 0.15) is 0 Å². The first-order valence-electron chi connectivity index (χ1n) is 5.80. The van der Waals surface area contributed by atoms with Gasteiger partial charge in [-0.05, 0) is 53.9 Å². The largest absolute Gasteiger partial charge is 0.396 e. The van der Waals surface area contributed by atoms with Gasteiger partial charge in [-0.2, -0.15) is 0 Å². The molecule has 0 radical (unpaired) electrons. The van der Waals surface area contributed by atoms with Gasteiger partial charge in [0.05, 0.1) is 3.79 Å². The zero-order valence-corrected chi connectivity index (χ0v) is 12.2. The number of halogens is 1. The third-order valence-electron chi connectivity index (χ3n) is 2.47. The first kappa shape index (κ1) is 14.2. The van der Waals surface area contributed by atoms with Gasteiger partial charge in [-0.1, -0.05) is 12.8 Å². The van der Waals surface area contributed by atoms with Crippen LogP contribution in [0.5, 0.6) is 0 Å². The standard InChI is InChI=1S/C12H20BrNOS/c1-10-8-11(16-12(10)13)9-14-6-4-2-3-5-7-15/h8,14-15H,2-7,9H2,1H3. The molecule has 2 nitrogen and oxygen atoms in total. The number of aryl methyl sites for hydroxylation is 1. The van der Waals surface area contributed by atoms with E-state index in [0.717, 1.165) is 25.9 Å². The average Bonchev–Trinajstić information content (AvgIpc) is 2.57. The van der Waals surface area contributed by atoms with Gasteiger partial charge in [0.25, 0.3) is 0 Å². The van der Waals surface area contributed by atoms with Gasteiger partial charge in [-0.25, -0.2) is 0 Å². The van der Waals surface area contributed by atoms with Crippen molar-refractivity contribution in [2.75, 3.05) is 13.2 Å². The number of unbranched alkanes of at least 4 members (excludes halogenated alkanes) is 3. The summed E-state index contributed by atoms with van der Waals surface area (Å²) in [6.07, 6.45) is 4.49. The molecule has 0 aliphatic rings. The number of hydrogen-bond donors (Lipinski definition) is 2. The molecule has 1 aromatic heterocycles. The van der Waals surface area contributed by atoms with E-state index in [1.54, 1.807) is 0 Å². The normalized spacial score (nSPS) is 10.9. The molecular weight excluding hydrogens is 286 g/mol. The van der Waals surface area contributed by atoms with Gasteiger partial charge in [-0.15, -0.1) is 11.3 Å². The average molecular weight is 306 g/mol. The quantitative estimate of drug-likeness (QED) is 0.721. The van der Waals surface area contributed by atoms with E-state index in [-0.39, 0.29) is 0 Å². The van der Waals surface area contributed by atoms with Crippen LogP contribution < -0.4 is 5.32 Å². The Morgan fingerprint density at radius 2 is 2.06 bits per heavy atom. The van der Waals surface area contributed by atoms with Crippen LogP contribution in [0.2, 0.25) is 0 Å². The van der Waals surface area contributed by atoms with Gasteiger partial charge >= 0.3 is 0 Å². The molecular formula is C12H20BrNOS. The van der Waals surface area contributed by atoms with Crippen LogP contribution in [0.4, 0.5) is 0 Å². The summed E-state index contributed by atoms with van der Waals surface area (Å²) in [7, 11) is 0. The second kappa shape index (κ2) is 8.23. The second-order valence-corrected chi connectivity index (χ2v) is 6.44. The molecule has 0 aliphatic heterocycles. The molecule has 0 fully saturated rings. The van der Waals surface area contributed by atoms with Crippen molar-refractivity contribution in [2.24, 2.45) is 0 Å². The molecule has 1 rings (SSSR count). The van der Waals surface area contributed by atoms with E-state index in [1.807, 2.05) is 11.3 Å². The Labute approximate surface area is 110 Å². The van der Waals surface area contributed by atoms with E-state index in [1.165, 1.54) is 27.1 Å². The van der Waals surface area contributed by atoms with E-state index in [2.05, 4.69) is 34.2 Å². The van der Waals surface area contributed by atoms with Crippen LogP contribution in [0.25, 0.3) is 0 Å². The Morgan fingerprint density at radius 3 is 2.69 bits per heavy atom. The Morgan fingerprint density at radius 1 is 1.31 bits per heavy atom. The number of aliphatic hydroxyl groups is 1. The Hall–Kier alpha value is 0.100. The number of thiophene rings is 1. The van der Waals surface area contributed by atoms with Gasteiger partial charge < -0.3 is 10.4 Å². The van der Waals surface area contributed by atoms with Crippen LogP contribution in [0.15, 0.2) is 9.85 Å². The van der Waals surface area contributed by atoms with Crippen molar-refractivity contribution in [3.8, 4) is 0 Å². The number of hydrogen-bond acceptors (Lipinski definition) is 3. The molecule has 0 unspecified atom stereocenters. The third kappa shape index (κ3) is 5.43. The van der Waals surface area contributed by atoms with E-state index in [9.17, 15) is 0 Å². The van der Waals surface area contributed by atoms with Crippen molar-refractivity contribution >= 4 is 27.3 Å². The van der Waals surface area contributed by atoms with Gasteiger partial charge in [-0.3, -0.25) is 0 Å². The highest BCUT2D eigenvalue weighted by Gasteiger charge is 2.01. The summed E-state index contributed by atoms with van der Waals surface area (Å²) in [5.41, 5.74) is 1.32. The molecule has 1 heterocycles. The first-order chi connectivity index (χ1) is 7.74. The third-order valence-corrected chi connectivity index (χ3v) is 4.61. The molecule has 0 bridgehead atoms. The summed E-state index contributed by atoms with van der Waals surface area (Å²) < 4.78 is 1.24. The first-order valence-corrected chi connectivity index (χ1v) is 7.41. The minimum Gasteiger partial charge on any atom is -0.396 e. The lowest BCUT2D eigenvalue weighted by Crippen LogP contribution is -2.13. The highest BCUT2D eigenvalue weighted by molar-refractivity contribution is 9.11. The second-order valence-electron chi connectivity index (χ2n) is 3.98. The summed E-state index contributed by atoms with van der Waals surface area (Å²) in [5.74, 6) is 0. The van der Waals surface area contributed by atoms with Gasteiger partial charge in [0.15, 0.2) is 0 Å². The van der Waals surface area contributed by atoms with Crippen molar-refractivity contribution < 1.29 is 5.11 Å². The number of aliphatic hydroxyl groups excluding tert-OH is 1. The Kier molecular flexibility index (Phi) is 7.28. The predicted octanol–water partition coefficient (Wildman–Crippen LogP) is 3.46. The SMILES string of the molecule is Cc1cc(CNCCCCCCO)sc1Br. The van der Waals surface area contributed by atoms with E-state index < -0.39 is 0 Å². The van der Waals surface area contributed by atoms with Crippen molar-refractivity contribution in [3.05, 3.63) is 20.3 Å². The summed E-state index contributed by atoms with van der Waals surface area (Å²) in [6.45, 7) is 4.49. The maximum absolute atomic E-state index is 8.63. The van der Waals surface area contributed by atoms with E-state index in [4.69, 9.17) is 5.11 Å². The van der Waals surface area contributed by atoms with Gasteiger partial charge in [0.2, 0.25) is 0 Å². The zero-order valence-electron chi connectivity index (χ0n) is 9.76. The van der Waals surface area contributed by atoms with Crippen LogP contribution in [0, 0.1) is 6.92 Å². The van der Waals surface area contributed by atoms with E-state index >= 15 is 0 Å². The fraction of sp³-hybridized carbons (Fsp3) is 0.667. The topological polar surface area (TPSA) is 32.3 Å². The van der Waals surface area contributed by atoms with Crippen molar-refractivity contribution in [2.45, 2.75) is 39.2 Å². The smallest absolute Gasteiger partial charge is 0.0730 e. The maximum Gasteiger partial charge on any atom is 0.0730 e. The molecule has 0 saturated carbocycles. The zero-order chi connectivity index (χ0) is 11.8. The Balaban J connectivity index is 2.03. The molecule has 0 amide bonds. The van der Waals surface area contributed by atoms with Crippen molar-refractivity contribution in [3.63, 3.8) is 0 Å². The minimum atomic E-state index is 0.329. The van der Waals surface area contributed by atoms with E-state index in [0.29, 0.717) is 6.61 Å². The van der Waals surface area contributed by atoms with Gasteiger partial charge in [0, 0.05) is 18.0 Å². The summed E-state index contributed by atoms with van der Waals surface area (Å²) in [6, 6.07) is 2.23. The summed E-state index contributed by atoms with van der Waals surface area (Å²) in [5, 5.41) is 12.1. The summed E-state index contributed by atoms with van der Waals surface area (Å²) in [4.78, 5) is 1.39. The monoisotopic (exact) mass is 305 g/mol.